The third-order valence-electron chi connectivity index (χ3n) is 2.72. The fourth-order valence-electron chi connectivity index (χ4n) is 1.68. The maximum absolute atomic E-state index is 5.56. The number of hydroxylamine groups is 1. The van der Waals surface area contributed by atoms with Crippen LogP contribution in [0.4, 0.5) is 0 Å². The van der Waals surface area contributed by atoms with Crippen LogP contribution in [0.3, 0.4) is 0 Å². The summed E-state index contributed by atoms with van der Waals surface area (Å²) in [5, 5.41) is 0. The SMILES string of the molecule is CCCCON[C@H](CCCN)c1ccccc1. The van der Waals surface area contributed by atoms with Crippen LogP contribution in [0.25, 0.3) is 0 Å². The molecule has 0 fully saturated rings. The summed E-state index contributed by atoms with van der Waals surface area (Å²) in [6.07, 6.45) is 4.25. The first-order chi connectivity index (χ1) is 8.38. The Kier molecular flexibility index (Phi) is 7.63. The second-order valence-corrected chi connectivity index (χ2v) is 4.21. The van der Waals surface area contributed by atoms with Crippen molar-refractivity contribution in [1.82, 2.24) is 5.48 Å². The number of hydrogen-bond donors (Lipinski definition) is 2. The predicted octanol–water partition coefficient (Wildman–Crippen LogP) is 2.79. The molecule has 96 valence electrons. The molecule has 0 saturated carbocycles. The van der Waals surface area contributed by atoms with E-state index < -0.39 is 0 Å². The zero-order chi connectivity index (χ0) is 12.3. The average Bonchev–Trinajstić information content (AvgIpc) is 2.39. The van der Waals surface area contributed by atoms with E-state index in [4.69, 9.17) is 10.6 Å². The largest absolute Gasteiger partial charge is 0.330 e. The third kappa shape index (κ3) is 5.82. The molecule has 0 aromatic heterocycles. The molecule has 1 rings (SSSR count). The third-order valence-corrected chi connectivity index (χ3v) is 2.72. The second-order valence-electron chi connectivity index (χ2n) is 4.21. The molecule has 0 spiro atoms. The van der Waals surface area contributed by atoms with Crippen molar-refractivity contribution in [1.29, 1.82) is 0 Å². The molecule has 0 bridgehead atoms. The molecule has 1 aromatic rings. The minimum Gasteiger partial charge on any atom is -0.330 e. The van der Waals surface area contributed by atoms with Crippen LogP contribution in [0.5, 0.6) is 0 Å². The lowest BCUT2D eigenvalue weighted by molar-refractivity contribution is 0.0115. The summed E-state index contributed by atoms with van der Waals surface area (Å²) in [5.74, 6) is 0. The summed E-state index contributed by atoms with van der Waals surface area (Å²) in [4.78, 5) is 5.50. The van der Waals surface area contributed by atoms with E-state index in [-0.39, 0.29) is 6.04 Å². The van der Waals surface area contributed by atoms with Crippen LogP contribution in [0.1, 0.15) is 44.2 Å². The molecule has 0 heterocycles. The van der Waals surface area contributed by atoms with Crippen LogP contribution in [0, 0.1) is 0 Å². The second kappa shape index (κ2) is 9.16. The highest BCUT2D eigenvalue weighted by atomic mass is 16.6. The minimum absolute atomic E-state index is 0.247. The molecule has 0 amide bonds. The lowest BCUT2D eigenvalue weighted by atomic mass is 10.0. The lowest BCUT2D eigenvalue weighted by Gasteiger charge is -2.18. The highest BCUT2D eigenvalue weighted by molar-refractivity contribution is 5.18. The van der Waals surface area contributed by atoms with Gasteiger partial charge in [0.05, 0.1) is 12.6 Å². The quantitative estimate of drug-likeness (QED) is 0.512. The van der Waals surface area contributed by atoms with Gasteiger partial charge in [-0.25, -0.2) is 0 Å². The van der Waals surface area contributed by atoms with Gasteiger partial charge in [-0.05, 0) is 31.4 Å². The first kappa shape index (κ1) is 14.2. The number of nitrogens with two attached hydrogens (primary N) is 1. The van der Waals surface area contributed by atoms with Crippen molar-refractivity contribution in [2.75, 3.05) is 13.2 Å². The molecule has 0 unspecified atom stereocenters. The van der Waals surface area contributed by atoms with Gasteiger partial charge in [0.2, 0.25) is 0 Å². The Hall–Kier alpha value is -0.900. The standard InChI is InChI=1S/C14H24N2O/c1-2-3-12-17-16-14(10-7-11-15)13-8-5-4-6-9-13/h4-6,8-9,14,16H,2-3,7,10-12,15H2,1H3/t14-/m1/s1. The number of hydrogen-bond acceptors (Lipinski definition) is 3. The van der Waals surface area contributed by atoms with E-state index in [1.165, 1.54) is 5.56 Å². The van der Waals surface area contributed by atoms with Gasteiger partial charge in [0, 0.05) is 0 Å². The summed E-state index contributed by atoms with van der Waals surface area (Å²) in [6, 6.07) is 10.6. The first-order valence-corrected chi connectivity index (χ1v) is 6.50. The molecule has 1 atom stereocenters. The first-order valence-electron chi connectivity index (χ1n) is 6.50. The number of benzene rings is 1. The van der Waals surface area contributed by atoms with E-state index >= 15 is 0 Å². The molecule has 17 heavy (non-hydrogen) atoms. The van der Waals surface area contributed by atoms with Gasteiger partial charge in [-0.15, -0.1) is 0 Å². The van der Waals surface area contributed by atoms with Gasteiger partial charge < -0.3 is 10.6 Å². The molecular formula is C14H24N2O. The van der Waals surface area contributed by atoms with Crippen molar-refractivity contribution in [2.24, 2.45) is 5.73 Å². The molecule has 0 radical (unpaired) electrons. The highest BCUT2D eigenvalue weighted by Gasteiger charge is 2.09. The van der Waals surface area contributed by atoms with Crippen LogP contribution in [0.2, 0.25) is 0 Å². The number of nitrogens with one attached hydrogen (secondary N) is 1. The van der Waals surface area contributed by atoms with Gasteiger partial charge in [0.15, 0.2) is 0 Å². The van der Waals surface area contributed by atoms with Crippen molar-refractivity contribution in [3.8, 4) is 0 Å². The molecule has 0 aliphatic rings. The van der Waals surface area contributed by atoms with Crippen LogP contribution >= 0.6 is 0 Å². The molecule has 0 aliphatic carbocycles. The van der Waals surface area contributed by atoms with Crippen molar-refractivity contribution in [3.63, 3.8) is 0 Å². The summed E-state index contributed by atoms with van der Waals surface area (Å²) < 4.78 is 0. The zero-order valence-electron chi connectivity index (χ0n) is 10.7. The monoisotopic (exact) mass is 236 g/mol. The zero-order valence-corrected chi connectivity index (χ0v) is 10.7. The van der Waals surface area contributed by atoms with Crippen LogP contribution in [0.15, 0.2) is 30.3 Å². The Morgan fingerprint density at radius 3 is 2.65 bits per heavy atom. The molecule has 1 aromatic carbocycles. The van der Waals surface area contributed by atoms with Gasteiger partial charge in [-0.3, -0.25) is 0 Å². The van der Waals surface area contributed by atoms with Crippen LogP contribution in [-0.4, -0.2) is 13.2 Å². The number of unbranched alkanes of at least 4 members (excludes halogenated alkanes) is 1. The average molecular weight is 236 g/mol. The topological polar surface area (TPSA) is 47.3 Å². The highest BCUT2D eigenvalue weighted by Crippen LogP contribution is 2.17. The molecule has 0 saturated heterocycles. The molecule has 0 aliphatic heterocycles. The van der Waals surface area contributed by atoms with E-state index in [0.717, 1.165) is 38.8 Å². The van der Waals surface area contributed by atoms with Gasteiger partial charge >= 0.3 is 0 Å². The summed E-state index contributed by atoms with van der Waals surface area (Å²) in [7, 11) is 0. The summed E-state index contributed by atoms with van der Waals surface area (Å²) in [6.45, 7) is 3.65. The maximum atomic E-state index is 5.56. The molecule has 3 N–H and O–H groups in total. The smallest absolute Gasteiger partial charge is 0.0682 e. The van der Waals surface area contributed by atoms with Crippen LogP contribution < -0.4 is 11.2 Å². The van der Waals surface area contributed by atoms with Gasteiger partial charge in [0.25, 0.3) is 0 Å². The van der Waals surface area contributed by atoms with Crippen molar-refractivity contribution >= 4 is 0 Å². The lowest BCUT2D eigenvalue weighted by Crippen LogP contribution is -2.23. The van der Waals surface area contributed by atoms with Crippen molar-refractivity contribution < 1.29 is 4.84 Å². The normalized spacial score (nSPS) is 12.6. The van der Waals surface area contributed by atoms with E-state index in [1.807, 2.05) is 6.07 Å². The Bertz CT molecular complexity index is 277. The Labute approximate surface area is 104 Å². The molecular weight excluding hydrogens is 212 g/mol. The number of rotatable bonds is 9. The summed E-state index contributed by atoms with van der Waals surface area (Å²) in [5.41, 5.74) is 9.97. The van der Waals surface area contributed by atoms with Gasteiger partial charge in [-0.1, -0.05) is 43.7 Å². The predicted molar refractivity (Wildman–Crippen MR) is 71.5 cm³/mol. The van der Waals surface area contributed by atoms with Crippen molar-refractivity contribution in [2.45, 2.75) is 38.6 Å². The molecule has 3 heteroatoms. The summed E-state index contributed by atoms with van der Waals surface area (Å²) >= 11 is 0. The minimum atomic E-state index is 0.247. The van der Waals surface area contributed by atoms with Gasteiger partial charge in [0.1, 0.15) is 0 Å². The van der Waals surface area contributed by atoms with Gasteiger partial charge in [-0.2, -0.15) is 5.48 Å². The Balaban J connectivity index is 2.43. The fourth-order valence-corrected chi connectivity index (χ4v) is 1.68. The Morgan fingerprint density at radius 1 is 1.24 bits per heavy atom. The van der Waals surface area contributed by atoms with Crippen LogP contribution in [-0.2, 0) is 4.84 Å². The van der Waals surface area contributed by atoms with E-state index in [1.54, 1.807) is 0 Å². The van der Waals surface area contributed by atoms with E-state index in [0.29, 0.717) is 0 Å². The van der Waals surface area contributed by atoms with E-state index in [9.17, 15) is 0 Å². The van der Waals surface area contributed by atoms with Crippen molar-refractivity contribution in [3.05, 3.63) is 35.9 Å². The van der Waals surface area contributed by atoms with E-state index in [2.05, 4.69) is 36.7 Å². The Morgan fingerprint density at radius 2 is 2.00 bits per heavy atom. The molecule has 3 nitrogen and oxygen atoms in total. The fraction of sp³-hybridized carbons (Fsp3) is 0.571. The maximum Gasteiger partial charge on any atom is 0.0682 e.